The maximum absolute atomic E-state index is 9.86. The van der Waals surface area contributed by atoms with Gasteiger partial charge in [-0.1, -0.05) is 55.9 Å². The number of aromatic nitrogens is 3. The molecule has 3 aromatic heterocycles. The van der Waals surface area contributed by atoms with Gasteiger partial charge < -0.3 is 10.0 Å². The molecule has 3 heterocycles. The Labute approximate surface area is 203 Å². The first-order chi connectivity index (χ1) is 16.1. The number of nitrogens with zero attached hydrogens (tertiary/aromatic N) is 4. The highest BCUT2D eigenvalue weighted by atomic mass is 32.2. The van der Waals surface area contributed by atoms with Gasteiger partial charge in [0.15, 0.2) is 11.0 Å². The Balaban J connectivity index is 1.73. The third kappa shape index (κ3) is 4.34. The van der Waals surface area contributed by atoms with E-state index in [1.807, 2.05) is 12.3 Å². The average Bonchev–Trinajstić information content (AvgIpc) is 3.43. The molecule has 5 nitrogen and oxygen atoms in total. The zero-order valence-electron chi connectivity index (χ0n) is 19.5. The minimum Gasteiger partial charge on any atom is -0.395 e. The maximum atomic E-state index is 9.86. The lowest BCUT2D eigenvalue weighted by Gasteiger charge is -2.23. The standard InChI is InChI=1S/C26H30N4OS2/c1-16(2)14-20-18-10-7-11-19(18)21-22-23(33-25(21)27-20)24(29-26(28-22)32-3)30(12-13-31)15-17-8-5-4-6-9-17/h4-6,8-9,16,31H,7,10-15H2,1-3H3. The number of aliphatic hydroxyl groups excluding tert-OH is 1. The van der Waals surface area contributed by atoms with Crippen LogP contribution in [0.5, 0.6) is 0 Å². The number of aliphatic hydroxyl groups is 1. The summed E-state index contributed by atoms with van der Waals surface area (Å²) in [6, 6.07) is 10.4. The van der Waals surface area contributed by atoms with Crippen molar-refractivity contribution in [3.05, 3.63) is 52.7 Å². The summed E-state index contributed by atoms with van der Waals surface area (Å²) in [4.78, 5) is 18.4. The molecule has 0 radical (unpaired) electrons. The smallest absolute Gasteiger partial charge is 0.189 e. The first-order valence-corrected chi connectivity index (χ1v) is 13.7. The highest BCUT2D eigenvalue weighted by Gasteiger charge is 2.26. The van der Waals surface area contributed by atoms with E-state index in [2.05, 4.69) is 43.0 Å². The molecule has 0 fully saturated rings. The minimum absolute atomic E-state index is 0.0734. The van der Waals surface area contributed by atoms with Crippen LogP contribution in [-0.2, 0) is 25.8 Å². The van der Waals surface area contributed by atoms with Gasteiger partial charge >= 0.3 is 0 Å². The molecule has 4 aromatic rings. The van der Waals surface area contributed by atoms with E-state index in [0.29, 0.717) is 19.0 Å². The number of thioether (sulfide) groups is 1. The number of fused-ring (bicyclic) bond motifs is 5. The van der Waals surface area contributed by atoms with Gasteiger partial charge in [-0.05, 0) is 54.5 Å². The van der Waals surface area contributed by atoms with Crippen molar-refractivity contribution in [3.63, 3.8) is 0 Å². The third-order valence-corrected chi connectivity index (χ3v) is 7.87. The lowest BCUT2D eigenvalue weighted by atomic mass is 9.99. The van der Waals surface area contributed by atoms with E-state index >= 15 is 0 Å². The van der Waals surface area contributed by atoms with Crippen molar-refractivity contribution < 1.29 is 5.11 Å². The predicted octanol–water partition coefficient (Wildman–Crippen LogP) is 5.65. The molecule has 1 aliphatic carbocycles. The number of rotatable bonds is 8. The first kappa shape index (κ1) is 22.6. The Kier molecular flexibility index (Phi) is 6.54. The number of hydrogen-bond donors (Lipinski definition) is 1. The number of aryl methyl sites for hydroxylation is 1. The van der Waals surface area contributed by atoms with E-state index in [0.717, 1.165) is 45.3 Å². The topological polar surface area (TPSA) is 62.1 Å². The molecule has 7 heteroatoms. The second-order valence-corrected chi connectivity index (χ2v) is 10.9. The number of benzene rings is 1. The van der Waals surface area contributed by atoms with Gasteiger partial charge in [0.2, 0.25) is 0 Å². The van der Waals surface area contributed by atoms with E-state index in [-0.39, 0.29) is 6.61 Å². The van der Waals surface area contributed by atoms with Gasteiger partial charge in [-0.25, -0.2) is 15.0 Å². The molecule has 0 bridgehead atoms. The quantitative estimate of drug-likeness (QED) is 0.261. The Bertz CT molecular complexity index is 1290. The van der Waals surface area contributed by atoms with Crippen molar-refractivity contribution in [1.29, 1.82) is 0 Å². The summed E-state index contributed by atoms with van der Waals surface area (Å²) in [5.74, 6) is 1.49. The zero-order valence-corrected chi connectivity index (χ0v) is 21.1. The van der Waals surface area contributed by atoms with Gasteiger partial charge in [0.1, 0.15) is 4.83 Å². The molecule has 1 aromatic carbocycles. The van der Waals surface area contributed by atoms with Gasteiger partial charge in [0.25, 0.3) is 0 Å². The van der Waals surface area contributed by atoms with Gasteiger partial charge in [-0.2, -0.15) is 0 Å². The van der Waals surface area contributed by atoms with Gasteiger partial charge in [-0.3, -0.25) is 0 Å². The largest absolute Gasteiger partial charge is 0.395 e. The third-order valence-electron chi connectivity index (χ3n) is 6.25. The predicted molar refractivity (Wildman–Crippen MR) is 140 cm³/mol. The molecule has 0 saturated heterocycles. The van der Waals surface area contributed by atoms with Crippen molar-refractivity contribution in [1.82, 2.24) is 15.0 Å². The molecule has 0 atom stereocenters. The molecule has 0 amide bonds. The molecule has 172 valence electrons. The summed E-state index contributed by atoms with van der Waals surface area (Å²) in [7, 11) is 0. The molecule has 33 heavy (non-hydrogen) atoms. The summed E-state index contributed by atoms with van der Waals surface area (Å²) < 4.78 is 1.08. The Morgan fingerprint density at radius 1 is 1.09 bits per heavy atom. The number of pyridine rings is 1. The van der Waals surface area contributed by atoms with E-state index < -0.39 is 0 Å². The fraction of sp³-hybridized carbons (Fsp3) is 0.423. The minimum atomic E-state index is 0.0734. The summed E-state index contributed by atoms with van der Waals surface area (Å²) in [5.41, 5.74) is 6.41. The maximum Gasteiger partial charge on any atom is 0.189 e. The van der Waals surface area contributed by atoms with E-state index in [1.54, 1.807) is 23.1 Å². The molecule has 5 rings (SSSR count). The SMILES string of the molecule is CSc1nc(N(CCO)Cc2ccccc2)c2sc3nc(CC(C)C)c4c(c3c2n1)CCC4. The second kappa shape index (κ2) is 9.57. The van der Waals surface area contributed by atoms with Crippen molar-refractivity contribution >= 4 is 49.3 Å². The van der Waals surface area contributed by atoms with E-state index in [1.165, 1.54) is 34.2 Å². The number of hydrogen-bond acceptors (Lipinski definition) is 7. The van der Waals surface area contributed by atoms with Crippen LogP contribution < -0.4 is 4.90 Å². The van der Waals surface area contributed by atoms with Crippen LogP contribution >= 0.6 is 23.1 Å². The van der Waals surface area contributed by atoms with E-state index in [4.69, 9.17) is 15.0 Å². The Morgan fingerprint density at radius 2 is 1.88 bits per heavy atom. The summed E-state index contributed by atoms with van der Waals surface area (Å²) in [5, 5.41) is 11.9. The van der Waals surface area contributed by atoms with Crippen LogP contribution in [0.3, 0.4) is 0 Å². The van der Waals surface area contributed by atoms with Crippen LogP contribution in [0, 0.1) is 5.92 Å². The molecule has 0 saturated carbocycles. The molecule has 0 unspecified atom stereocenters. The fourth-order valence-electron chi connectivity index (χ4n) is 4.86. The second-order valence-electron chi connectivity index (χ2n) is 9.09. The van der Waals surface area contributed by atoms with Crippen LogP contribution in [0.25, 0.3) is 20.4 Å². The molecule has 0 spiro atoms. The lowest BCUT2D eigenvalue weighted by molar-refractivity contribution is 0.301. The molecular formula is C26H30N4OS2. The zero-order chi connectivity index (χ0) is 22.9. The average molecular weight is 479 g/mol. The van der Waals surface area contributed by atoms with Crippen LogP contribution in [0.2, 0.25) is 0 Å². The normalized spacial score (nSPS) is 13.4. The lowest BCUT2D eigenvalue weighted by Crippen LogP contribution is -2.27. The molecule has 1 aliphatic rings. The molecule has 1 N–H and O–H groups in total. The van der Waals surface area contributed by atoms with Crippen molar-refractivity contribution in [2.24, 2.45) is 5.92 Å². The van der Waals surface area contributed by atoms with Gasteiger partial charge in [0.05, 0.1) is 16.8 Å². The van der Waals surface area contributed by atoms with Crippen LogP contribution in [0.4, 0.5) is 5.82 Å². The van der Waals surface area contributed by atoms with Crippen molar-refractivity contribution in [2.75, 3.05) is 24.3 Å². The highest BCUT2D eigenvalue weighted by Crippen LogP contribution is 2.43. The van der Waals surface area contributed by atoms with E-state index in [9.17, 15) is 5.11 Å². The summed E-state index contributed by atoms with van der Waals surface area (Å²) >= 11 is 3.28. The summed E-state index contributed by atoms with van der Waals surface area (Å²) in [6.07, 6.45) is 6.46. The molecular weight excluding hydrogens is 448 g/mol. The Hall–Kier alpha value is -2.22. The van der Waals surface area contributed by atoms with Crippen LogP contribution in [0.1, 0.15) is 42.7 Å². The monoisotopic (exact) mass is 478 g/mol. The first-order valence-electron chi connectivity index (χ1n) is 11.7. The number of anilines is 1. The Morgan fingerprint density at radius 3 is 2.61 bits per heavy atom. The van der Waals surface area contributed by atoms with Gasteiger partial charge in [0, 0.05) is 24.2 Å². The summed E-state index contributed by atoms with van der Waals surface area (Å²) in [6.45, 7) is 5.82. The molecule has 0 aliphatic heterocycles. The fourth-order valence-corrected chi connectivity index (χ4v) is 6.40. The van der Waals surface area contributed by atoms with Crippen molar-refractivity contribution in [3.8, 4) is 0 Å². The highest BCUT2D eigenvalue weighted by molar-refractivity contribution is 7.98. The van der Waals surface area contributed by atoms with Crippen LogP contribution in [0.15, 0.2) is 35.5 Å². The number of thiophene rings is 1. The van der Waals surface area contributed by atoms with Crippen LogP contribution in [-0.4, -0.2) is 39.5 Å². The van der Waals surface area contributed by atoms with Crippen molar-refractivity contribution in [2.45, 2.75) is 51.2 Å². The van der Waals surface area contributed by atoms with Gasteiger partial charge in [-0.15, -0.1) is 11.3 Å².